The minimum absolute atomic E-state index is 0.291. The molecule has 0 aliphatic rings. The van der Waals surface area contributed by atoms with Crippen LogP contribution in [0.15, 0.2) is 0 Å². The highest BCUT2D eigenvalue weighted by atomic mass is 19.1. The highest BCUT2D eigenvalue weighted by Crippen LogP contribution is 2.17. The van der Waals surface area contributed by atoms with E-state index in [4.69, 9.17) is 4.74 Å². The Labute approximate surface area is 83.6 Å². The monoisotopic (exact) mass is 204 g/mol. The number of esters is 1. The van der Waals surface area contributed by atoms with Gasteiger partial charge in [0.2, 0.25) is 0 Å². The number of hydrogen-bond acceptors (Lipinski definition) is 3. The average molecular weight is 204 g/mol. The minimum Gasteiger partial charge on any atom is -0.462 e. The number of ketones is 1. The average Bonchev–Trinajstić information content (AvgIpc) is 1.98. The van der Waals surface area contributed by atoms with Crippen LogP contribution in [0.2, 0.25) is 0 Å². The molecule has 0 aliphatic carbocycles. The molecule has 0 aromatic rings. The largest absolute Gasteiger partial charge is 0.462 e. The number of halogens is 1. The third-order valence-electron chi connectivity index (χ3n) is 1.68. The zero-order valence-corrected chi connectivity index (χ0v) is 9.26. The Morgan fingerprint density at radius 3 is 1.93 bits per heavy atom. The van der Waals surface area contributed by atoms with E-state index in [1.807, 2.05) is 0 Å². The van der Waals surface area contributed by atoms with Gasteiger partial charge in [-0.1, -0.05) is 0 Å². The van der Waals surface area contributed by atoms with Crippen molar-refractivity contribution in [1.82, 2.24) is 0 Å². The summed E-state index contributed by atoms with van der Waals surface area (Å²) in [6.45, 7) is 6.97. The molecule has 0 aromatic carbocycles. The topological polar surface area (TPSA) is 43.4 Å². The van der Waals surface area contributed by atoms with Crippen LogP contribution in [0, 0.1) is 5.92 Å². The fourth-order valence-corrected chi connectivity index (χ4v) is 0.956. The highest BCUT2D eigenvalue weighted by molar-refractivity contribution is 6.02. The van der Waals surface area contributed by atoms with Crippen molar-refractivity contribution < 1.29 is 18.7 Å². The van der Waals surface area contributed by atoms with E-state index in [9.17, 15) is 14.0 Å². The van der Waals surface area contributed by atoms with Gasteiger partial charge >= 0.3 is 5.97 Å². The first kappa shape index (κ1) is 13.1. The van der Waals surface area contributed by atoms with Crippen molar-refractivity contribution in [3.8, 4) is 0 Å². The van der Waals surface area contributed by atoms with E-state index in [1.165, 1.54) is 6.92 Å². The summed E-state index contributed by atoms with van der Waals surface area (Å²) in [6.07, 6.45) is -0.291. The molecule has 0 saturated carbocycles. The fraction of sp³-hybridized carbons (Fsp3) is 0.800. The smallest absolute Gasteiger partial charge is 0.316 e. The SMILES string of the molecule is CC(C)OC(=O)C(C)C(=O)C(C)(C)F. The molecule has 3 nitrogen and oxygen atoms in total. The Hall–Kier alpha value is -0.930. The van der Waals surface area contributed by atoms with Crippen LogP contribution < -0.4 is 0 Å². The van der Waals surface area contributed by atoms with Gasteiger partial charge in [0.15, 0.2) is 11.5 Å². The van der Waals surface area contributed by atoms with E-state index in [0.29, 0.717) is 0 Å². The number of carbonyl (C=O) groups is 2. The van der Waals surface area contributed by atoms with Crippen LogP contribution in [-0.2, 0) is 14.3 Å². The summed E-state index contributed by atoms with van der Waals surface area (Å²) in [5, 5.41) is 0. The maximum absolute atomic E-state index is 13.2. The van der Waals surface area contributed by atoms with Gasteiger partial charge < -0.3 is 4.74 Å². The predicted octanol–water partition coefficient (Wildman–Crippen LogP) is 1.89. The zero-order valence-electron chi connectivity index (χ0n) is 9.26. The Bertz CT molecular complexity index is 228. The van der Waals surface area contributed by atoms with E-state index in [-0.39, 0.29) is 6.10 Å². The lowest BCUT2D eigenvalue weighted by Gasteiger charge is -2.18. The van der Waals surface area contributed by atoms with Crippen LogP contribution in [0.3, 0.4) is 0 Å². The van der Waals surface area contributed by atoms with E-state index < -0.39 is 23.3 Å². The van der Waals surface area contributed by atoms with E-state index in [1.54, 1.807) is 13.8 Å². The maximum Gasteiger partial charge on any atom is 0.316 e. The molecule has 0 aliphatic heterocycles. The molecule has 0 saturated heterocycles. The summed E-state index contributed by atoms with van der Waals surface area (Å²) in [4.78, 5) is 22.5. The molecule has 82 valence electrons. The molecule has 1 unspecified atom stereocenters. The van der Waals surface area contributed by atoms with Gasteiger partial charge in [-0.25, -0.2) is 4.39 Å². The number of rotatable bonds is 4. The summed E-state index contributed by atoms with van der Waals surface area (Å²) in [6, 6.07) is 0. The van der Waals surface area contributed by atoms with Crippen LogP contribution in [-0.4, -0.2) is 23.5 Å². The van der Waals surface area contributed by atoms with Gasteiger partial charge in [-0.2, -0.15) is 0 Å². The third kappa shape index (κ3) is 3.85. The summed E-state index contributed by atoms with van der Waals surface area (Å²) in [5.74, 6) is -2.46. The van der Waals surface area contributed by atoms with Crippen LogP contribution in [0.25, 0.3) is 0 Å². The van der Waals surface area contributed by atoms with Gasteiger partial charge in [-0.15, -0.1) is 0 Å². The minimum atomic E-state index is -1.99. The van der Waals surface area contributed by atoms with Gasteiger partial charge in [-0.05, 0) is 34.6 Å². The normalized spacial score (nSPS) is 13.9. The molecule has 14 heavy (non-hydrogen) atoms. The van der Waals surface area contributed by atoms with Crippen molar-refractivity contribution >= 4 is 11.8 Å². The number of Topliss-reactive ketones (excluding diaryl/α,β-unsaturated/α-hetero) is 1. The van der Waals surface area contributed by atoms with Gasteiger partial charge in [0.1, 0.15) is 5.92 Å². The molecule has 0 spiro atoms. The van der Waals surface area contributed by atoms with Gasteiger partial charge in [0, 0.05) is 0 Å². The van der Waals surface area contributed by atoms with Crippen LogP contribution in [0.5, 0.6) is 0 Å². The van der Waals surface area contributed by atoms with Gasteiger partial charge in [0.25, 0.3) is 0 Å². The highest BCUT2D eigenvalue weighted by Gasteiger charge is 2.35. The second kappa shape index (κ2) is 4.53. The van der Waals surface area contributed by atoms with Crippen molar-refractivity contribution in [3.63, 3.8) is 0 Å². The lowest BCUT2D eigenvalue weighted by Crippen LogP contribution is -2.37. The molecule has 0 bridgehead atoms. The number of carbonyl (C=O) groups excluding carboxylic acids is 2. The number of hydrogen-bond donors (Lipinski definition) is 0. The quantitative estimate of drug-likeness (QED) is 0.519. The second-order valence-corrected chi connectivity index (χ2v) is 4.04. The van der Waals surface area contributed by atoms with Gasteiger partial charge in [0.05, 0.1) is 6.10 Å². The van der Waals surface area contributed by atoms with E-state index in [0.717, 1.165) is 13.8 Å². The summed E-state index contributed by atoms with van der Waals surface area (Å²) in [7, 11) is 0. The van der Waals surface area contributed by atoms with E-state index >= 15 is 0 Å². The van der Waals surface area contributed by atoms with E-state index in [2.05, 4.69) is 0 Å². The lowest BCUT2D eigenvalue weighted by molar-refractivity contribution is -0.157. The van der Waals surface area contributed by atoms with Crippen LogP contribution >= 0.6 is 0 Å². The maximum atomic E-state index is 13.2. The number of ether oxygens (including phenoxy) is 1. The molecular weight excluding hydrogens is 187 g/mol. The first-order chi connectivity index (χ1) is 6.16. The molecule has 1 atom stereocenters. The Kier molecular flexibility index (Phi) is 4.23. The Morgan fingerprint density at radius 2 is 1.64 bits per heavy atom. The molecule has 0 rings (SSSR count). The molecule has 0 aromatic heterocycles. The van der Waals surface area contributed by atoms with Crippen LogP contribution in [0.1, 0.15) is 34.6 Å². The number of alkyl halides is 1. The first-order valence-electron chi connectivity index (χ1n) is 4.60. The summed E-state index contributed by atoms with van der Waals surface area (Å²) in [5.41, 5.74) is -1.99. The lowest BCUT2D eigenvalue weighted by atomic mass is 9.94. The van der Waals surface area contributed by atoms with Crippen molar-refractivity contribution in [2.75, 3.05) is 0 Å². The molecule has 0 amide bonds. The third-order valence-corrected chi connectivity index (χ3v) is 1.68. The molecule has 0 fully saturated rings. The van der Waals surface area contributed by atoms with Crippen molar-refractivity contribution in [2.24, 2.45) is 5.92 Å². The van der Waals surface area contributed by atoms with Gasteiger partial charge in [-0.3, -0.25) is 9.59 Å². The zero-order chi connectivity index (χ0) is 11.5. The second-order valence-electron chi connectivity index (χ2n) is 4.04. The summed E-state index contributed by atoms with van der Waals surface area (Å²) < 4.78 is 18.0. The van der Waals surface area contributed by atoms with Crippen molar-refractivity contribution in [2.45, 2.75) is 46.4 Å². The molecule has 0 N–H and O–H groups in total. The molecule has 0 heterocycles. The molecule has 4 heteroatoms. The fourth-order valence-electron chi connectivity index (χ4n) is 0.956. The Balaban J connectivity index is 4.41. The molecular formula is C10H17FO3. The van der Waals surface area contributed by atoms with Crippen molar-refractivity contribution in [1.29, 1.82) is 0 Å². The van der Waals surface area contributed by atoms with Crippen molar-refractivity contribution in [3.05, 3.63) is 0 Å². The van der Waals surface area contributed by atoms with Crippen LogP contribution in [0.4, 0.5) is 4.39 Å². The first-order valence-corrected chi connectivity index (χ1v) is 4.60. The predicted molar refractivity (Wildman–Crippen MR) is 50.6 cm³/mol. The summed E-state index contributed by atoms with van der Waals surface area (Å²) >= 11 is 0. The standard InChI is InChI=1S/C10H17FO3/c1-6(2)14-9(13)7(3)8(12)10(4,5)11/h6-7H,1-5H3. The molecule has 0 radical (unpaired) electrons. The Morgan fingerprint density at radius 1 is 1.21 bits per heavy atom.